The van der Waals surface area contributed by atoms with Crippen LogP contribution in [-0.2, 0) is 4.57 Å². The van der Waals surface area contributed by atoms with Crippen LogP contribution in [0.5, 0.6) is 11.5 Å². The summed E-state index contributed by atoms with van der Waals surface area (Å²) in [5.41, 5.74) is 10.6. The van der Waals surface area contributed by atoms with Crippen molar-refractivity contribution in [1.29, 1.82) is 0 Å². The lowest BCUT2D eigenvalue weighted by molar-refractivity contribution is 0.290. The molecule has 8 rings (SSSR count). The van der Waals surface area contributed by atoms with E-state index >= 15 is 0 Å². The predicted molar refractivity (Wildman–Crippen MR) is 276 cm³/mol. The molecular weight excluding hydrogens is 816 g/mol. The molecule has 0 unspecified atom stereocenters. The van der Waals surface area contributed by atoms with Crippen LogP contribution in [0.25, 0.3) is 72.9 Å². The van der Waals surface area contributed by atoms with Crippen molar-refractivity contribution in [3.8, 4) is 11.5 Å². The Morgan fingerprint density at radius 2 is 0.508 bits per heavy atom. The molecule has 5 heteroatoms. The van der Waals surface area contributed by atoms with Crippen molar-refractivity contribution in [3.63, 3.8) is 0 Å². The van der Waals surface area contributed by atoms with Gasteiger partial charge in [-0.1, -0.05) is 267 Å². The van der Waals surface area contributed by atoms with E-state index in [1.165, 1.54) is 0 Å². The molecular formula is C60H47O4P. The average Bonchev–Trinajstić information content (AvgIpc) is 3.35. The molecule has 65 heavy (non-hydrogen) atoms. The number of hydrogen-bond donors (Lipinski definition) is 1. The Morgan fingerprint density at radius 3 is 0.769 bits per heavy atom. The fraction of sp³-hybridized carbons (Fsp3) is 0. The molecule has 8 aromatic carbocycles. The summed E-state index contributed by atoms with van der Waals surface area (Å²) >= 11 is 0. The van der Waals surface area contributed by atoms with Gasteiger partial charge in [-0.15, -0.1) is 0 Å². The largest absolute Gasteiger partial charge is 0.584 e. The van der Waals surface area contributed by atoms with E-state index in [2.05, 4.69) is 0 Å². The minimum Gasteiger partial charge on any atom is -0.395 e. The average molecular weight is 863 g/mol. The maximum absolute atomic E-state index is 14.6. The first-order valence-electron chi connectivity index (χ1n) is 21.4. The van der Waals surface area contributed by atoms with Gasteiger partial charge in [0.25, 0.3) is 0 Å². The van der Waals surface area contributed by atoms with Crippen LogP contribution >= 0.6 is 7.82 Å². The number of hydrogen-bond acceptors (Lipinski definition) is 3. The third-order valence-corrected chi connectivity index (χ3v) is 11.3. The second-order valence-corrected chi connectivity index (χ2v) is 16.4. The van der Waals surface area contributed by atoms with Gasteiger partial charge in [0.05, 0.1) is 0 Å². The van der Waals surface area contributed by atoms with E-state index in [0.717, 1.165) is 55.6 Å². The zero-order valence-electron chi connectivity index (χ0n) is 35.7. The highest BCUT2D eigenvalue weighted by Gasteiger charge is 2.29. The Balaban J connectivity index is 1.24. The first-order chi connectivity index (χ1) is 32.0. The molecule has 316 valence electrons. The third-order valence-electron chi connectivity index (χ3n) is 10.5. The van der Waals surface area contributed by atoms with Crippen molar-refractivity contribution in [2.75, 3.05) is 0 Å². The molecule has 4 nitrogen and oxygen atoms in total. The first kappa shape index (κ1) is 43.6. The van der Waals surface area contributed by atoms with Crippen molar-refractivity contribution >= 4 is 80.7 Å². The van der Waals surface area contributed by atoms with E-state index in [4.69, 9.17) is 9.05 Å². The van der Waals surface area contributed by atoms with Gasteiger partial charge in [0.15, 0.2) is 0 Å². The van der Waals surface area contributed by atoms with Crippen LogP contribution < -0.4 is 9.05 Å². The van der Waals surface area contributed by atoms with Crippen molar-refractivity contribution in [2.45, 2.75) is 0 Å². The van der Waals surface area contributed by atoms with E-state index in [1.54, 1.807) is 12.1 Å². The standard InChI is InChI=1S/C60H47O4P/c61-65(62,63-59-45-39-53(37-31-47-19-7-1-8-20-47)55(41-33-49-23-11-3-12-24-49)57(59)43-35-51-27-15-5-16-28-51)64-60-46-40-54(38-32-48-21-9-2-10-22-48)56(42-34-50-25-13-4-14-26-50)58(60)44-36-52-29-17-6-18-30-52/h1-46H,(H,61,62)/b37-31+,38-32+,41-33+,42-34+,43-35+,44-36+. The van der Waals surface area contributed by atoms with Gasteiger partial charge in [0.1, 0.15) is 11.5 Å². The molecule has 0 aromatic heterocycles. The second kappa shape index (κ2) is 21.9. The molecule has 0 heterocycles. The van der Waals surface area contributed by atoms with Crippen molar-refractivity contribution < 1.29 is 18.5 Å². The molecule has 0 fully saturated rings. The topological polar surface area (TPSA) is 55.8 Å². The highest BCUT2D eigenvalue weighted by atomic mass is 31.2. The minimum atomic E-state index is -4.88. The lowest BCUT2D eigenvalue weighted by Gasteiger charge is -2.20. The van der Waals surface area contributed by atoms with Gasteiger partial charge in [0, 0.05) is 11.1 Å². The summed E-state index contributed by atoms with van der Waals surface area (Å²) in [6.45, 7) is 0. The zero-order chi connectivity index (χ0) is 44.5. The lowest BCUT2D eigenvalue weighted by atomic mass is 9.96. The van der Waals surface area contributed by atoms with E-state index in [0.29, 0.717) is 11.1 Å². The van der Waals surface area contributed by atoms with Gasteiger partial charge in [-0.05, 0) is 67.8 Å². The Kier molecular flexibility index (Phi) is 14.7. The van der Waals surface area contributed by atoms with Crippen molar-refractivity contribution in [1.82, 2.24) is 0 Å². The Hall–Kier alpha value is -8.01. The van der Waals surface area contributed by atoms with E-state index in [1.807, 2.05) is 267 Å². The van der Waals surface area contributed by atoms with Crippen LogP contribution in [0.2, 0.25) is 0 Å². The van der Waals surface area contributed by atoms with E-state index in [9.17, 15) is 9.46 Å². The van der Waals surface area contributed by atoms with Gasteiger partial charge in [-0.2, -0.15) is 0 Å². The van der Waals surface area contributed by atoms with Crippen molar-refractivity contribution in [2.24, 2.45) is 0 Å². The maximum Gasteiger partial charge on any atom is 0.584 e. The molecule has 0 bridgehead atoms. The van der Waals surface area contributed by atoms with Gasteiger partial charge < -0.3 is 9.05 Å². The fourth-order valence-corrected chi connectivity index (χ4v) is 8.03. The van der Waals surface area contributed by atoms with Gasteiger partial charge in [0.2, 0.25) is 0 Å². The number of benzene rings is 8. The molecule has 8 aromatic rings. The summed E-state index contributed by atoms with van der Waals surface area (Å²) in [6, 6.07) is 67.2. The summed E-state index contributed by atoms with van der Waals surface area (Å²) in [5, 5.41) is 0. The molecule has 0 amide bonds. The Morgan fingerprint density at radius 1 is 0.277 bits per heavy atom. The summed E-state index contributed by atoms with van der Waals surface area (Å²) in [4.78, 5) is 11.9. The van der Waals surface area contributed by atoms with Crippen LogP contribution in [0.1, 0.15) is 66.8 Å². The van der Waals surface area contributed by atoms with Gasteiger partial charge in [-0.3, -0.25) is 4.89 Å². The summed E-state index contributed by atoms with van der Waals surface area (Å²) < 4.78 is 26.9. The predicted octanol–water partition coefficient (Wildman–Crippen LogP) is 16.3. The summed E-state index contributed by atoms with van der Waals surface area (Å²) in [5.74, 6) is 0.362. The quantitative estimate of drug-likeness (QED) is 0.0777. The SMILES string of the molecule is O=P(O)(Oc1ccc(/C=C/c2ccccc2)c(/C=C/c2ccccc2)c1/C=C/c1ccccc1)Oc1ccc(/C=C/c2ccccc2)c(/C=C/c2ccccc2)c1/C=C/c1ccccc1. The zero-order valence-corrected chi connectivity index (χ0v) is 36.6. The van der Waals surface area contributed by atoms with Gasteiger partial charge in [-0.25, -0.2) is 4.57 Å². The van der Waals surface area contributed by atoms with Crippen LogP contribution in [0.4, 0.5) is 0 Å². The lowest BCUT2D eigenvalue weighted by Crippen LogP contribution is -2.04. The van der Waals surface area contributed by atoms with Crippen LogP contribution in [0.15, 0.2) is 206 Å². The number of rotatable bonds is 16. The molecule has 0 atom stereocenters. The third kappa shape index (κ3) is 12.6. The fourth-order valence-electron chi connectivity index (χ4n) is 7.17. The normalized spacial score (nSPS) is 12.1. The molecule has 0 aliphatic rings. The Labute approximate surface area is 382 Å². The maximum atomic E-state index is 14.6. The minimum absolute atomic E-state index is 0.181. The second-order valence-electron chi connectivity index (χ2n) is 15.1. The summed E-state index contributed by atoms with van der Waals surface area (Å²) in [7, 11) is -4.88. The molecule has 0 aliphatic heterocycles. The van der Waals surface area contributed by atoms with Gasteiger partial charge >= 0.3 is 7.82 Å². The number of phosphoric ester groups is 1. The molecule has 1 N–H and O–H groups in total. The highest BCUT2D eigenvalue weighted by Crippen LogP contribution is 2.48. The highest BCUT2D eigenvalue weighted by molar-refractivity contribution is 7.48. The Bertz CT molecular complexity index is 2820. The van der Waals surface area contributed by atoms with Crippen LogP contribution in [0, 0.1) is 0 Å². The molecule has 0 radical (unpaired) electrons. The van der Waals surface area contributed by atoms with E-state index < -0.39 is 7.82 Å². The van der Waals surface area contributed by atoms with E-state index in [-0.39, 0.29) is 11.5 Å². The molecule has 0 spiro atoms. The van der Waals surface area contributed by atoms with Crippen LogP contribution in [0.3, 0.4) is 0 Å². The molecule has 0 saturated carbocycles. The molecule has 0 aliphatic carbocycles. The monoisotopic (exact) mass is 862 g/mol. The van der Waals surface area contributed by atoms with Crippen molar-refractivity contribution in [3.05, 3.63) is 273 Å². The molecule has 0 saturated heterocycles. The number of phosphoric acid groups is 1. The van der Waals surface area contributed by atoms with Crippen LogP contribution in [-0.4, -0.2) is 4.89 Å². The smallest absolute Gasteiger partial charge is 0.395 e. The first-order valence-corrected chi connectivity index (χ1v) is 22.9. The summed E-state index contributed by atoms with van der Waals surface area (Å²) in [6.07, 6.45) is 24.0.